The normalized spacial score (nSPS) is 15.0. The molecule has 0 aliphatic carbocycles. The van der Waals surface area contributed by atoms with Gasteiger partial charge < -0.3 is 20.3 Å². The molecule has 1 aliphatic heterocycles. The first kappa shape index (κ1) is 19.8. The second-order valence-corrected chi connectivity index (χ2v) is 6.42. The molecule has 3 rings (SSSR count). The smallest absolute Gasteiger partial charge is 0.191 e. The molecular weight excluding hydrogens is 449 g/mol. The summed E-state index contributed by atoms with van der Waals surface area (Å²) in [7, 11) is 0. The van der Waals surface area contributed by atoms with Crippen molar-refractivity contribution in [1.29, 1.82) is 0 Å². The number of piperazine rings is 1. The fourth-order valence-corrected chi connectivity index (χ4v) is 3.26. The minimum atomic E-state index is 0. The molecule has 1 saturated heterocycles. The van der Waals surface area contributed by atoms with Gasteiger partial charge in [-0.3, -0.25) is 4.99 Å². The number of aliphatic imine (C=N–C) groups is 1. The van der Waals surface area contributed by atoms with Crippen molar-refractivity contribution >= 4 is 46.4 Å². The van der Waals surface area contributed by atoms with E-state index in [2.05, 4.69) is 19.8 Å². The van der Waals surface area contributed by atoms with Crippen molar-refractivity contribution in [2.75, 3.05) is 44.2 Å². The topological polar surface area (TPSA) is 67.0 Å². The van der Waals surface area contributed by atoms with E-state index < -0.39 is 0 Å². The van der Waals surface area contributed by atoms with E-state index in [4.69, 9.17) is 10.5 Å². The molecule has 0 spiro atoms. The molecule has 1 fully saturated rings. The molecule has 0 amide bonds. The van der Waals surface area contributed by atoms with E-state index in [1.807, 2.05) is 41.9 Å². The number of benzene rings is 1. The van der Waals surface area contributed by atoms with Crippen LogP contribution in [0.15, 0.2) is 46.9 Å². The van der Waals surface area contributed by atoms with Gasteiger partial charge in [-0.05, 0) is 12.1 Å². The average Bonchev–Trinajstić information content (AvgIpc) is 3.17. The fourth-order valence-electron chi connectivity index (χ4n) is 2.56. The van der Waals surface area contributed by atoms with Crippen LogP contribution in [0.25, 0.3) is 0 Å². The van der Waals surface area contributed by atoms with Crippen LogP contribution in [0.5, 0.6) is 5.75 Å². The van der Waals surface area contributed by atoms with Gasteiger partial charge in [0.05, 0.1) is 6.61 Å². The Labute approximate surface area is 169 Å². The summed E-state index contributed by atoms with van der Waals surface area (Å²) >= 11 is 1.68. The molecule has 0 saturated carbocycles. The standard InChI is InChI=1S/C17H23N5OS.HI/c18-16(19-7-4-13-23-15-5-2-1-3-6-15)21-9-11-22(12-10-21)17-20-8-14-24-17;/h1-3,5-6,8,14H,4,7,9-13H2,(H2,18,19);1H. The molecule has 136 valence electrons. The summed E-state index contributed by atoms with van der Waals surface area (Å²) in [5.74, 6) is 1.53. The van der Waals surface area contributed by atoms with Crippen LogP contribution >= 0.6 is 35.3 Å². The van der Waals surface area contributed by atoms with E-state index in [1.165, 1.54) is 0 Å². The van der Waals surface area contributed by atoms with Crippen LogP contribution in [0.1, 0.15) is 6.42 Å². The molecule has 0 atom stereocenters. The Bertz CT molecular complexity index is 630. The summed E-state index contributed by atoms with van der Waals surface area (Å²) in [6.07, 6.45) is 2.70. The monoisotopic (exact) mass is 473 g/mol. The van der Waals surface area contributed by atoms with Crippen LogP contribution in [0, 0.1) is 0 Å². The van der Waals surface area contributed by atoms with Gasteiger partial charge in [0.1, 0.15) is 5.75 Å². The average molecular weight is 473 g/mol. The van der Waals surface area contributed by atoms with Gasteiger partial charge in [0.15, 0.2) is 11.1 Å². The largest absolute Gasteiger partial charge is 0.494 e. The van der Waals surface area contributed by atoms with Gasteiger partial charge in [-0.2, -0.15) is 0 Å². The minimum Gasteiger partial charge on any atom is -0.494 e. The number of aromatic nitrogens is 1. The Balaban J connectivity index is 0.00000225. The Morgan fingerprint density at radius 2 is 1.96 bits per heavy atom. The zero-order valence-corrected chi connectivity index (χ0v) is 17.2. The van der Waals surface area contributed by atoms with Crippen LogP contribution in [-0.4, -0.2) is 55.2 Å². The number of hydrogen-bond donors (Lipinski definition) is 1. The number of rotatable bonds is 6. The number of nitrogens with two attached hydrogens (primary N) is 1. The number of ether oxygens (including phenoxy) is 1. The number of anilines is 1. The number of halogens is 1. The summed E-state index contributed by atoms with van der Waals surface area (Å²) in [6, 6.07) is 9.83. The van der Waals surface area contributed by atoms with Gasteiger partial charge in [0.25, 0.3) is 0 Å². The molecular formula is C17H24IN5OS. The maximum absolute atomic E-state index is 6.11. The van der Waals surface area contributed by atoms with Gasteiger partial charge in [-0.15, -0.1) is 35.3 Å². The van der Waals surface area contributed by atoms with Crippen molar-refractivity contribution in [3.05, 3.63) is 41.9 Å². The third-order valence-electron chi connectivity index (χ3n) is 3.88. The zero-order valence-electron chi connectivity index (χ0n) is 14.1. The maximum Gasteiger partial charge on any atom is 0.191 e. The van der Waals surface area contributed by atoms with Gasteiger partial charge in [0.2, 0.25) is 0 Å². The molecule has 0 bridgehead atoms. The van der Waals surface area contributed by atoms with Crippen LogP contribution in [0.4, 0.5) is 5.13 Å². The predicted molar refractivity (Wildman–Crippen MR) is 114 cm³/mol. The summed E-state index contributed by atoms with van der Waals surface area (Å²) in [5.41, 5.74) is 6.11. The third-order valence-corrected chi connectivity index (χ3v) is 4.71. The van der Waals surface area contributed by atoms with Crippen molar-refractivity contribution in [3.63, 3.8) is 0 Å². The molecule has 0 radical (unpaired) electrons. The summed E-state index contributed by atoms with van der Waals surface area (Å²) in [6.45, 7) is 4.97. The second-order valence-electron chi connectivity index (χ2n) is 5.54. The second kappa shape index (κ2) is 10.4. The summed E-state index contributed by atoms with van der Waals surface area (Å²) < 4.78 is 5.65. The van der Waals surface area contributed by atoms with Crippen molar-refractivity contribution < 1.29 is 4.74 Å². The minimum absolute atomic E-state index is 0. The summed E-state index contributed by atoms with van der Waals surface area (Å²) in [4.78, 5) is 13.3. The van der Waals surface area contributed by atoms with Gasteiger partial charge in [0, 0.05) is 50.7 Å². The first-order chi connectivity index (χ1) is 11.8. The molecule has 1 aromatic heterocycles. The molecule has 2 N–H and O–H groups in total. The van der Waals surface area contributed by atoms with E-state index >= 15 is 0 Å². The molecule has 25 heavy (non-hydrogen) atoms. The van der Waals surface area contributed by atoms with Gasteiger partial charge >= 0.3 is 0 Å². The van der Waals surface area contributed by atoms with Crippen LogP contribution in [-0.2, 0) is 0 Å². The van der Waals surface area contributed by atoms with E-state index in [1.54, 1.807) is 11.3 Å². The molecule has 2 heterocycles. The fraction of sp³-hybridized carbons (Fsp3) is 0.412. The van der Waals surface area contributed by atoms with E-state index in [0.29, 0.717) is 19.1 Å². The maximum atomic E-state index is 6.11. The highest BCUT2D eigenvalue weighted by molar-refractivity contribution is 14.0. The molecule has 2 aromatic rings. The predicted octanol–water partition coefficient (Wildman–Crippen LogP) is 2.67. The Morgan fingerprint density at radius 1 is 1.20 bits per heavy atom. The van der Waals surface area contributed by atoms with E-state index in [-0.39, 0.29) is 24.0 Å². The molecule has 6 nitrogen and oxygen atoms in total. The van der Waals surface area contributed by atoms with Crippen molar-refractivity contribution in [1.82, 2.24) is 9.88 Å². The van der Waals surface area contributed by atoms with Crippen molar-refractivity contribution in [2.45, 2.75) is 6.42 Å². The van der Waals surface area contributed by atoms with Crippen LogP contribution < -0.4 is 15.4 Å². The van der Waals surface area contributed by atoms with E-state index in [0.717, 1.165) is 43.5 Å². The van der Waals surface area contributed by atoms with Gasteiger partial charge in [-0.25, -0.2) is 4.98 Å². The lowest BCUT2D eigenvalue weighted by atomic mass is 10.3. The lowest BCUT2D eigenvalue weighted by Crippen LogP contribution is -2.51. The Hall–Kier alpha value is -1.55. The summed E-state index contributed by atoms with van der Waals surface area (Å²) in [5, 5.41) is 3.10. The number of guanidine groups is 1. The number of para-hydroxylation sites is 1. The zero-order chi connectivity index (χ0) is 16.6. The Morgan fingerprint density at radius 3 is 2.64 bits per heavy atom. The van der Waals surface area contributed by atoms with Crippen LogP contribution in [0.3, 0.4) is 0 Å². The lowest BCUT2D eigenvalue weighted by Gasteiger charge is -2.35. The molecule has 8 heteroatoms. The van der Waals surface area contributed by atoms with Crippen molar-refractivity contribution in [3.8, 4) is 5.75 Å². The highest BCUT2D eigenvalue weighted by Gasteiger charge is 2.19. The quantitative estimate of drug-likeness (QED) is 0.303. The Kier molecular flexibility index (Phi) is 8.26. The number of hydrogen-bond acceptors (Lipinski definition) is 5. The number of thiazole rings is 1. The van der Waals surface area contributed by atoms with Crippen molar-refractivity contribution in [2.24, 2.45) is 10.7 Å². The molecule has 0 unspecified atom stereocenters. The third kappa shape index (κ3) is 6.03. The number of nitrogens with zero attached hydrogens (tertiary/aromatic N) is 4. The molecule has 1 aliphatic rings. The highest BCUT2D eigenvalue weighted by Crippen LogP contribution is 2.18. The SMILES string of the molecule is I.NC(=NCCCOc1ccccc1)N1CCN(c2nccs2)CC1. The van der Waals surface area contributed by atoms with E-state index in [9.17, 15) is 0 Å². The lowest BCUT2D eigenvalue weighted by molar-refractivity contribution is 0.313. The molecule has 1 aromatic carbocycles. The van der Waals surface area contributed by atoms with Crippen LogP contribution in [0.2, 0.25) is 0 Å². The highest BCUT2D eigenvalue weighted by atomic mass is 127. The van der Waals surface area contributed by atoms with Gasteiger partial charge in [-0.1, -0.05) is 18.2 Å². The first-order valence-electron chi connectivity index (χ1n) is 8.20. The first-order valence-corrected chi connectivity index (χ1v) is 9.08.